The molecule has 1 aliphatic heterocycles. The summed E-state index contributed by atoms with van der Waals surface area (Å²) >= 11 is 0. The maximum absolute atomic E-state index is 13.2. The quantitative estimate of drug-likeness (QED) is 0.926. The predicted molar refractivity (Wildman–Crippen MR) is 80.2 cm³/mol. The number of aryl methyl sites for hydroxylation is 1. The Morgan fingerprint density at radius 3 is 2.95 bits per heavy atom. The summed E-state index contributed by atoms with van der Waals surface area (Å²) < 4.78 is 13.2. The molecule has 3 rings (SSSR count). The molecule has 4 heteroatoms. The summed E-state index contributed by atoms with van der Waals surface area (Å²) in [5.74, 6) is 0.470. The Hall–Kier alpha value is -1.42. The van der Waals surface area contributed by atoms with E-state index in [1.807, 2.05) is 11.0 Å². The molecule has 21 heavy (non-hydrogen) atoms. The third-order valence-corrected chi connectivity index (χ3v) is 4.75. The summed E-state index contributed by atoms with van der Waals surface area (Å²) in [4.78, 5) is 14.2. The van der Waals surface area contributed by atoms with Gasteiger partial charge >= 0.3 is 0 Å². The van der Waals surface area contributed by atoms with Gasteiger partial charge in [-0.2, -0.15) is 0 Å². The molecular formula is C17H23FN2O. The molecule has 0 spiro atoms. The van der Waals surface area contributed by atoms with Crippen LogP contribution in [0.5, 0.6) is 0 Å². The molecule has 114 valence electrons. The second kappa shape index (κ2) is 5.76. The van der Waals surface area contributed by atoms with E-state index in [1.54, 1.807) is 12.1 Å². The SMILES string of the molecule is NC1(C(=O)N2CCC[C@H](CCc3cccc(F)c3)C2)CC1. The minimum atomic E-state index is -0.551. The Morgan fingerprint density at radius 2 is 2.24 bits per heavy atom. The van der Waals surface area contributed by atoms with E-state index >= 15 is 0 Å². The topological polar surface area (TPSA) is 46.3 Å². The number of hydrogen-bond acceptors (Lipinski definition) is 2. The van der Waals surface area contributed by atoms with Crippen molar-refractivity contribution >= 4 is 5.91 Å². The van der Waals surface area contributed by atoms with Gasteiger partial charge in [0.05, 0.1) is 5.54 Å². The average Bonchev–Trinajstić information content (AvgIpc) is 3.24. The average molecular weight is 290 g/mol. The van der Waals surface area contributed by atoms with Crippen LogP contribution in [0.25, 0.3) is 0 Å². The van der Waals surface area contributed by atoms with E-state index in [0.717, 1.165) is 57.2 Å². The van der Waals surface area contributed by atoms with Gasteiger partial charge in [-0.3, -0.25) is 4.79 Å². The monoisotopic (exact) mass is 290 g/mol. The van der Waals surface area contributed by atoms with Gasteiger partial charge in [0.15, 0.2) is 0 Å². The van der Waals surface area contributed by atoms with Crippen LogP contribution in [0.15, 0.2) is 24.3 Å². The van der Waals surface area contributed by atoms with E-state index in [-0.39, 0.29) is 11.7 Å². The summed E-state index contributed by atoms with van der Waals surface area (Å²) in [6, 6.07) is 6.80. The van der Waals surface area contributed by atoms with Gasteiger partial charge in [-0.05, 0) is 62.1 Å². The highest BCUT2D eigenvalue weighted by molar-refractivity contribution is 5.89. The van der Waals surface area contributed by atoms with Gasteiger partial charge < -0.3 is 10.6 Å². The molecule has 1 atom stereocenters. The summed E-state index contributed by atoms with van der Waals surface area (Å²) in [6.45, 7) is 1.65. The zero-order valence-corrected chi connectivity index (χ0v) is 12.4. The Labute approximate surface area is 125 Å². The highest BCUT2D eigenvalue weighted by Crippen LogP contribution is 2.35. The minimum Gasteiger partial charge on any atom is -0.341 e. The number of amides is 1. The number of benzene rings is 1. The molecule has 1 amide bonds. The van der Waals surface area contributed by atoms with Gasteiger partial charge in [-0.15, -0.1) is 0 Å². The Balaban J connectivity index is 1.53. The smallest absolute Gasteiger partial charge is 0.242 e. The van der Waals surface area contributed by atoms with Crippen LogP contribution in [0.4, 0.5) is 4.39 Å². The first kappa shape index (κ1) is 14.5. The highest BCUT2D eigenvalue weighted by Gasteiger charge is 2.48. The van der Waals surface area contributed by atoms with E-state index < -0.39 is 5.54 Å². The Bertz CT molecular complexity index is 527. The molecule has 0 bridgehead atoms. The lowest BCUT2D eigenvalue weighted by atomic mass is 9.91. The Morgan fingerprint density at radius 1 is 1.43 bits per heavy atom. The maximum Gasteiger partial charge on any atom is 0.242 e. The minimum absolute atomic E-state index is 0.137. The van der Waals surface area contributed by atoms with E-state index in [4.69, 9.17) is 5.73 Å². The summed E-state index contributed by atoms with van der Waals surface area (Å²) in [6.07, 6.45) is 5.74. The fourth-order valence-electron chi connectivity index (χ4n) is 3.21. The Kier molecular flexibility index (Phi) is 3.98. The predicted octanol–water partition coefficient (Wildman–Crippen LogP) is 2.49. The van der Waals surface area contributed by atoms with Crippen LogP contribution in [0, 0.1) is 11.7 Å². The lowest BCUT2D eigenvalue weighted by molar-refractivity contribution is -0.135. The largest absolute Gasteiger partial charge is 0.341 e. The first-order valence-corrected chi connectivity index (χ1v) is 7.89. The molecule has 2 aliphatic rings. The van der Waals surface area contributed by atoms with Crippen LogP contribution in [-0.4, -0.2) is 29.4 Å². The van der Waals surface area contributed by atoms with E-state index in [9.17, 15) is 9.18 Å². The molecule has 1 aromatic rings. The molecule has 0 unspecified atom stereocenters. The molecular weight excluding hydrogens is 267 g/mol. The van der Waals surface area contributed by atoms with Gasteiger partial charge in [0.25, 0.3) is 0 Å². The number of halogens is 1. The summed E-state index contributed by atoms with van der Waals surface area (Å²) in [7, 11) is 0. The van der Waals surface area contributed by atoms with Crippen molar-refractivity contribution in [2.45, 2.75) is 44.1 Å². The molecule has 2 N–H and O–H groups in total. The lowest BCUT2D eigenvalue weighted by Gasteiger charge is -2.34. The molecule has 1 saturated carbocycles. The zero-order valence-electron chi connectivity index (χ0n) is 12.4. The third kappa shape index (κ3) is 3.43. The fraction of sp³-hybridized carbons (Fsp3) is 0.588. The maximum atomic E-state index is 13.2. The number of likely N-dealkylation sites (tertiary alicyclic amines) is 1. The first-order chi connectivity index (χ1) is 10.1. The van der Waals surface area contributed by atoms with Crippen LogP contribution in [0.3, 0.4) is 0 Å². The number of nitrogens with zero attached hydrogens (tertiary/aromatic N) is 1. The molecule has 1 aromatic carbocycles. The van der Waals surface area contributed by atoms with Gasteiger partial charge in [-0.1, -0.05) is 12.1 Å². The van der Waals surface area contributed by atoms with Crippen LogP contribution >= 0.6 is 0 Å². The van der Waals surface area contributed by atoms with Crippen LogP contribution in [0.2, 0.25) is 0 Å². The molecule has 1 heterocycles. The third-order valence-electron chi connectivity index (χ3n) is 4.75. The summed E-state index contributed by atoms with van der Waals surface area (Å²) in [5, 5.41) is 0. The summed E-state index contributed by atoms with van der Waals surface area (Å²) in [5.41, 5.74) is 6.50. The molecule has 0 radical (unpaired) electrons. The van der Waals surface area contributed by atoms with Crippen molar-refractivity contribution in [3.63, 3.8) is 0 Å². The first-order valence-electron chi connectivity index (χ1n) is 7.89. The van der Waals surface area contributed by atoms with Crippen molar-refractivity contribution < 1.29 is 9.18 Å². The van der Waals surface area contributed by atoms with E-state index in [1.165, 1.54) is 6.07 Å². The van der Waals surface area contributed by atoms with Gasteiger partial charge in [-0.25, -0.2) is 4.39 Å². The van der Waals surface area contributed by atoms with Crippen molar-refractivity contribution in [3.8, 4) is 0 Å². The number of piperidine rings is 1. The van der Waals surface area contributed by atoms with Crippen LogP contribution < -0.4 is 5.73 Å². The number of nitrogens with two attached hydrogens (primary N) is 1. The molecule has 3 nitrogen and oxygen atoms in total. The van der Waals surface area contributed by atoms with Crippen molar-refractivity contribution in [1.29, 1.82) is 0 Å². The van der Waals surface area contributed by atoms with E-state index in [2.05, 4.69) is 0 Å². The number of hydrogen-bond donors (Lipinski definition) is 1. The fourth-order valence-corrected chi connectivity index (χ4v) is 3.21. The van der Waals surface area contributed by atoms with Crippen LogP contribution in [-0.2, 0) is 11.2 Å². The number of rotatable bonds is 4. The van der Waals surface area contributed by atoms with Gasteiger partial charge in [0, 0.05) is 13.1 Å². The second-order valence-corrected chi connectivity index (χ2v) is 6.58. The molecule has 0 aromatic heterocycles. The molecule has 2 fully saturated rings. The number of carbonyl (C=O) groups is 1. The molecule has 1 saturated heterocycles. The van der Waals surface area contributed by atoms with Crippen molar-refractivity contribution in [2.75, 3.05) is 13.1 Å². The van der Waals surface area contributed by atoms with Gasteiger partial charge in [0.2, 0.25) is 5.91 Å². The standard InChI is InChI=1S/C17H23FN2O/c18-15-5-1-3-13(11-15)6-7-14-4-2-10-20(12-14)16(21)17(19)8-9-17/h1,3,5,11,14H,2,4,6-10,12,19H2/t14-/m1/s1. The second-order valence-electron chi connectivity index (χ2n) is 6.58. The van der Waals surface area contributed by atoms with Crippen molar-refractivity contribution in [2.24, 2.45) is 11.7 Å². The van der Waals surface area contributed by atoms with Crippen molar-refractivity contribution in [1.82, 2.24) is 4.90 Å². The van der Waals surface area contributed by atoms with Crippen molar-refractivity contribution in [3.05, 3.63) is 35.6 Å². The molecule has 1 aliphatic carbocycles. The number of carbonyl (C=O) groups excluding carboxylic acids is 1. The zero-order chi connectivity index (χ0) is 14.9. The van der Waals surface area contributed by atoms with Gasteiger partial charge in [0.1, 0.15) is 5.82 Å². The normalized spacial score (nSPS) is 23.9. The van der Waals surface area contributed by atoms with Crippen LogP contribution in [0.1, 0.15) is 37.7 Å². The lowest BCUT2D eigenvalue weighted by Crippen LogP contribution is -2.49. The van der Waals surface area contributed by atoms with E-state index in [0.29, 0.717) is 5.92 Å². The highest BCUT2D eigenvalue weighted by atomic mass is 19.1.